The minimum Gasteiger partial charge on any atom is -0.376 e. The maximum atomic E-state index is 5.91. The van der Waals surface area contributed by atoms with Crippen LogP contribution in [0.1, 0.15) is 53.4 Å². The number of ether oxygens (including phenoxy) is 1. The van der Waals surface area contributed by atoms with Gasteiger partial charge >= 0.3 is 0 Å². The van der Waals surface area contributed by atoms with E-state index in [9.17, 15) is 0 Å². The second-order valence-electron chi connectivity index (χ2n) is 7.53. The molecule has 118 valence electrons. The topological polar surface area (TPSA) is 24.8 Å². The molecule has 0 amide bonds. The van der Waals surface area contributed by atoms with Crippen molar-refractivity contribution in [2.45, 2.75) is 71.6 Å². The molecule has 0 radical (unpaired) electrons. The van der Waals surface area contributed by atoms with Crippen LogP contribution in [0.25, 0.3) is 0 Å². The van der Waals surface area contributed by atoms with Crippen LogP contribution in [0.3, 0.4) is 0 Å². The van der Waals surface area contributed by atoms with E-state index in [2.05, 4.69) is 32.3 Å². The highest BCUT2D eigenvalue weighted by Crippen LogP contribution is 2.42. The summed E-state index contributed by atoms with van der Waals surface area (Å²) in [5.74, 6) is 3.40. The van der Waals surface area contributed by atoms with Gasteiger partial charge in [0.2, 0.25) is 0 Å². The Morgan fingerprint density at radius 3 is 2.62 bits per heavy atom. The van der Waals surface area contributed by atoms with Crippen molar-refractivity contribution in [3.63, 3.8) is 0 Å². The summed E-state index contributed by atoms with van der Waals surface area (Å²) in [6.07, 6.45) is 5.58. The molecule has 3 heteroatoms. The largest absolute Gasteiger partial charge is 0.376 e. The van der Waals surface area contributed by atoms with E-state index in [1.807, 2.05) is 6.92 Å². The third-order valence-corrected chi connectivity index (χ3v) is 5.66. The monoisotopic (exact) mass is 290 g/mol. The number of hydrogen-bond donors (Lipinski definition) is 0. The van der Waals surface area contributed by atoms with Gasteiger partial charge in [-0.05, 0) is 51.4 Å². The third-order valence-electron chi connectivity index (χ3n) is 5.66. The van der Waals surface area contributed by atoms with Crippen LogP contribution in [-0.4, -0.2) is 35.5 Å². The second kappa shape index (κ2) is 5.75. The molecule has 2 bridgehead atoms. The van der Waals surface area contributed by atoms with Crippen LogP contribution in [0.4, 0.5) is 0 Å². The molecule has 5 unspecified atom stereocenters. The normalized spacial score (nSPS) is 35.7. The zero-order valence-corrected chi connectivity index (χ0v) is 14.0. The predicted octanol–water partition coefficient (Wildman–Crippen LogP) is 3.85. The SMILES string of the molecule is C=C(C)N=C(C(C)C(C)C1CC1)N1C(C)CC2CC1CO2. The van der Waals surface area contributed by atoms with Crippen LogP contribution in [0.2, 0.25) is 0 Å². The molecule has 0 spiro atoms. The molecule has 2 saturated heterocycles. The number of piperidine rings is 1. The lowest BCUT2D eigenvalue weighted by Crippen LogP contribution is -2.52. The molecule has 3 fully saturated rings. The standard InChI is InChI=1S/C18H30N2O/c1-11(2)19-18(14(5)13(4)15-6-7-15)20-12(3)8-17-9-16(20)10-21-17/h12-17H,1,6-10H2,2-5H3. The Balaban J connectivity index is 1.85. The first-order chi connectivity index (χ1) is 9.97. The molecule has 1 saturated carbocycles. The van der Waals surface area contributed by atoms with Gasteiger partial charge in [0.15, 0.2) is 0 Å². The maximum absolute atomic E-state index is 5.91. The molecule has 2 aliphatic heterocycles. The summed E-state index contributed by atoms with van der Waals surface area (Å²) >= 11 is 0. The van der Waals surface area contributed by atoms with Crippen molar-refractivity contribution in [2.75, 3.05) is 6.61 Å². The molecule has 0 aromatic heterocycles. The first kappa shape index (κ1) is 15.1. The van der Waals surface area contributed by atoms with Crippen LogP contribution >= 0.6 is 0 Å². The first-order valence-electron chi connectivity index (χ1n) is 8.61. The van der Waals surface area contributed by atoms with Gasteiger partial charge in [-0.3, -0.25) is 0 Å². The van der Waals surface area contributed by atoms with Gasteiger partial charge in [0.25, 0.3) is 0 Å². The molecule has 2 heterocycles. The lowest BCUT2D eigenvalue weighted by molar-refractivity contribution is 0.1000. The summed E-state index contributed by atoms with van der Waals surface area (Å²) in [4.78, 5) is 7.46. The van der Waals surface area contributed by atoms with Gasteiger partial charge in [0, 0.05) is 17.7 Å². The number of fused-ring (bicyclic) bond motifs is 2. The van der Waals surface area contributed by atoms with Crippen LogP contribution < -0.4 is 0 Å². The number of rotatable bonds is 4. The van der Waals surface area contributed by atoms with E-state index in [-0.39, 0.29) is 0 Å². The third kappa shape index (κ3) is 3.03. The van der Waals surface area contributed by atoms with E-state index in [1.165, 1.54) is 25.1 Å². The molecule has 0 aromatic carbocycles. The summed E-state index contributed by atoms with van der Waals surface area (Å²) in [5.41, 5.74) is 0.924. The minimum absolute atomic E-state index is 0.475. The molecule has 1 aliphatic carbocycles. The van der Waals surface area contributed by atoms with Gasteiger partial charge in [-0.15, -0.1) is 0 Å². The number of nitrogens with zero attached hydrogens (tertiary/aromatic N) is 2. The average molecular weight is 290 g/mol. The maximum Gasteiger partial charge on any atom is 0.108 e. The van der Waals surface area contributed by atoms with E-state index < -0.39 is 0 Å². The number of amidine groups is 1. The van der Waals surface area contributed by atoms with Gasteiger partial charge in [0.1, 0.15) is 5.84 Å². The Morgan fingerprint density at radius 1 is 1.29 bits per heavy atom. The molecule has 3 nitrogen and oxygen atoms in total. The van der Waals surface area contributed by atoms with E-state index in [0.717, 1.165) is 30.6 Å². The Morgan fingerprint density at radius 2 is 2.00 bits per heavy atom. The Kier molecular flexibility index (Phi) is 4.13. The molecule has 3 aliphatic rings. The summed E-state index contributed by atoms with van der Waals surface area (Å²) in [5, 5.41) is 0. The molecular formula is C18H30N2O. The number of likely N-dealkylation sites (tertiary alicyclic amines) is 1. The van der Waals surface area contributed by atoms with Gasteiger partial charge in [-0.1, -0.05) is 20.4 Å². The first-order valence-corrected chi connectivity index (χ1v) is 8.61. The Labute approximate surface area is 129 Å². The zero-order valence-electron chi connectivity index (χ0n) is 14.0. The van der Waals surface area contributed by atoms with Crippen LogP contribution in [0.15, 0.2) is 17.3 Å². The fourth-order valence-electron chi connectivity index (χ4n) is 4.17. The highest BCUT2D eigenvalue weighted by Gasteiger charge is 2.43. The van der Waals surface area contributed by atoms with Crippen molar-refractivity contribution in [2.24, 2.45) is 22.7 Å². The van der Waals surface area contributed by atoms with Gasteiger partial charge in [-0.2, -0.15) is 0 Å². The fraction of sp³-hybridized carbons (Fsp3) is 0.833. The fourth-order valence-corrected chi connectivity index (χ4v) is 4.17. The molecule has 5 atom stereocenters. The summed E-state index contributed by atoms with van der Waals surface area (Å²) < 4.78 is 5.91. The molecule has 0 N–H and O–H groups in total. The van der Waals surface area contributed by atoms with Gasteiger partial charge in [0.05, 0.1) is 18.8 Å². The lowest BCUT2D eigenvalue weighted by atomic mass is 9.87. The quantitative estimate of drug-likeness (QED) is 0.580. The predicted molar refractivity (Wildman–Crippen MR) is 87.4 cm³/mol. The Bertz CT molecular complexity index is 440. The van der Waals surface area contributed by atoms with E-state index in [0.29, 0.717) is 24.1 Å². The van der Waals surface area contributed by atoms with Crippen molar-refractivity contribution in [3.05, 3.63) is 12.3 Å². The number of allylic oxidation sites excluding steroid dienone is 1. The minimum atomic E-state index is 0.475. The van der Waals surface area contributed by atoms with Gasteiger partial charge in [-0.25, -0.2) is 4.99 Å². The average Bonchev–Trinajstić information content (AvgIpc) is 3.20. The van der Waals surface area contributed by atoms with Crippen LogP contribution in [0.5, 0.6) is 0 Å². The van der Waals surface area contributed by atoms with Crippen molar-refractivity contribution >= 4 is 5.84 Å². The van der Waals surface area contributed by atoms with Gasteiger partial charge < -0.3 is 9.64 Å². The van der Waals surface area contributed by atoms with Crippen molar-refractivity contribution in [1.82, 2.24) is 4.90 Å². The summed E-state index contributed by atoms with van der Waals surface area (Å²) in [6, 6.07) is 1.05. The van der Waals surface area contributed by atoms with Crippen LogP contribution in [-0.2, 0) is 4.74 Å². The highest BCUT2D eigenvalue weighted by atomic mass is 16.5. The Hall–Kier alpha value is -0.830. The molecule has 3 rings (SSSR count). The van der Waals surface area contributed by atoms with E-state index in [1.54, 1.807) is 0 Å². The van der Waals surface area contributed by atoms with Crippen molar-refractivity contribution < 1.29 is 4.74 Å². The van der Waals surface area contributed by atoms with Crippen molar-refractivity contribution in [1.29, 1.82) is 0 Å². The molecular weight excluding hydrogens is 260 g/mol. The number of aliphatic imine (C=N–C) groups is 1. The van der Waals surface area contributed by atoms with Crippen LogP contribution in [0, 0.1) is 17.8 Å². The molecule has 21 heavy (non-hydrogen) atoms. The summed E-state index contributed by atoms with van der Waals surface area (Å²) in [7, 11) is 0. The lowest BCUT2D eigenvalue weighted by Gasteiger charge is -2.42. The summed E-state index contributed by atoms with van der Waals surface area (Å²) in [6.45, 7) is 14.0. The zero-order chi connectivity index (χ0) is 15.1. The smallest absolute Gasteiger partial charge is 0.108 e. The molecule has 0 aromatic rings. The van der Waals surface area contributed by atoms with E-state index in [4.69, 9.17) is 9.73 Å². The highest BCUT2D eigenvalue weighted by molar-refractivity contribution is 5.86. The van der Waals surface area contributed by atoms with Crippen molar-refractivity contribution in [3.8, 4) is 0 Å². The number of hydrogen-bond acceptors (Lipinski definition) is 2. The second-order valence-corrected chi connectivity index (χ2v) is 7.53. The van der Waals surface area contributed by atoms with E-state index >= 15 is 0 Å².